The highest BCUT2D eigenvalue weighted by atomic mass is 16.5. The van der Waals surface area contributed by atoms with Gasteiger partial charge in [0.2, 0.25) is 5.91 Å². The summed E-state index contributed by atoms with van der Waals surface area (Å²) in [6, 6.07) is 0. The number of nitrogens with zero attached hydrogens (tertiary/aromatic N) is 1. The smallest absolute Gasteiger partial charge is 0.310 e. The number of methoxy groups -OCH3 is 1. The number of hydrogen-bond acceptors (Lipinski definition) is 3. The van der Waals surface area contributed by atoms with Crippen LogP contribution in [0.1, 0.15) is 27.2 Å². The Bertz CT molecular complexity index is 226. The Kier molecular flexibility index (Phi) is 5.97. The van der Waals surface area contributed by atoms with Crippen LogP contribution in [0.4, 0.5) is 0 Å². The van der Waals surface area contributed by atoms with Crippen molar-refractivity contribution in [3.05, 3.63) is 0 Å². The van der Waals surface area contributed by atoms with Crippen molar-refractivity contribution in [2.75, 3.05) is 20.7 Å². The molecule has 88 valence electrons. The zero-order valence-electron chi connectivity index (χ0n) is 10.2. The van der Waals surface area contributed by atoms with Gasteiger partial charge in [0.05, 0.1) is 13.0 Å². The third-order valence-electron chi connectivity index (χ3n) is 2.16. The first kappa shape index (κ1) is 13.9. The van der Waals surface area contributed by atoms with Crippen molar-refractivity contribution in [3.8, 4) is 0 Å². The molecule has 0 saturated heterocycles. The van der Waals surface area contributed by atoms with Crippen molar-refractivity contribution in [2.24, 2.45) is 11.8 Å². The minimum absolute atomic E-state index is 0.0701. The molecule has 0 aliphatic carbocycles. The lowest BCUT2D eigenvalue weighted by Gasteiger charge is -2.21. The average Bonchev–Trinajstić information content (AvgIpc) is 2.15. The first-order valence-corrected chi connectivity index (χ1v) is 5.20. The molecule has 0 bridgehead atoms. The fourth-order valence-corrected chi connectivity index (χ4v) is 1.29. The molecule has 0 aromatic heterocycles. The third-order valence-corrected chi connectivity index (χ3v) is 2.16. The molecule has 1 atom stereocenters. The van der Waals surface area contributed by atoms with E-state index < -0.39 is 0 Å². The van der Waals surface area contributed by atoms with Crippen molar-refractivity contribution in [1.82, 2.24) is 4.90 Å². The average molecular weight is 215 g/mol. The Morgan fingerprint density at radius 3 is 2.20 bits per heavy atom. The van der Waals surface area contributed by atoms with Gasteiger partial charge in [-0.1, -0.05) is 20.8 Å². The van der Waals surface area contributed by atoms with Gasteiger partial charge in [0.25, 0.3) is 0 Å². The van der Waals surface area contributed by atoms with Crippen LogP contribution in [0.2, 0.25) is 0 Å². The van der Waals surface area contributed by atoms with E-state index in [1.165, 1.54) is 7.11 Å². The van der Waals surface area contributed by atoms with E-state index in [1.54, 1.807) is 18.9 Å². The predicted molar refractivity (Wildman–Crippen MR) is 58.3 cm³/mol. The first-order valence-electron chi connectivity index (χ1n) is 5.20. The van der Waals surface area contributed by atoms with E-state index in [1.807, 2.05) is 13.8 Å². The number of rotatable bonds is 5. The van der Waals surface area contributed by atoms with E-state index in [9.17, 15) is 9.59 Å². The molecule has 4 heteroatoms. The number of amides is 1. The van der Waals surface area contributed by atoms with Crippen LogP contribution in [0.25, 0.3) is 0 Å². The van der Waals surface area contributed by atoms with Gasteiger partial charge < -0.3 is 9.64 Å². The van der Waals surface area contributed by atoms with E-state index in [2.05, 4.69) is 4.74 Å². The molecule has 0 aliphatic rings. The first-order chi connectivity index (χ1) is 6.88. The van der Waals surface area contributed by atoms with Crippen LogP contribution >= 0.6 is 0 Å². The highest BCUT2D eigenvalue weighted by Gasteiger charge is 2.18. The molecule has 0 N–H and O–H groups in total. The molecular weight excluding hydrogens is 194 g/mol. The number of carbonyl (C=O) groups excluding carboxylic acids is 2. The van der Waals surface area contributed by atoms with Crippen LogP contribution in [0.15, 0.2) is 0 Å². The van der Waals surface area contributed by atoms with Crippen LogP contribution in [0.5, 0.6) is 0 Å². The van der Waals surface area contributed by atoms with Gasteiger partial charge in [0, 0.05) is 20.0 Å². The lowest BCUT2D eigenvalue weighted by Crippen LogP contribution is -2.34. The molecule has 0 aliphatic heterocycles. The summed E-state index contributed by atoms with van der Waals surface area (Å²) >= 11 is 0. The summed E-state index contributed by atoms with van der Waals surface area (Å²) in [4.78, 5) is 24.3. The van der Waals surface area contributed by atoms with Crippen molar-refractivity contribution >= 4 is 11.9 Å². The Morgan fingerprint density at radius 1 is 1.27 bits per heavy atom. The van der Waals surface area contributed by atoms with Gasteiger partial charge in [0.1, 0.15) is 0 Å². The molecular formula is C11H21NO3. The van der Waals surface area contributed by atoms with Crippen LogP contribution in [0.3, 0.4) is 0 Å². The quantitative estimate of drug-likeness (QED) is 0.649. The largest absolute Gasteiger partial charge is 0.469 e. The SMILES string of the molecule is COC(=O)C(C)CN(C)C(=O)CC(C)C. The van der Waals surface area contributed by atoms with Gasteiger partial charge in [-0.3, -0.25) is 9.59 Å². The minimum atomic E-state index is -0.279. The Morgan fingerprint density at radius 2 is 1.80 bits per heavy atom. The van der Waals surface area contributed by atoms with Gasteiger partial charge >= 0.3 is 5.97 Å². The van der Waals surface area contributed by atoms with Gasteiger partial charge in [-0.2, -0.15) is 0 Å². The topological polar surface area (TPSA) is 46.6 Å². The maximum absolute atomic E-state index is 11.6. The second-order valence-corrected chi connectivity index (χ2v) is 4.30. The van der Waals surface area contributed by atoms with Gasteiger partial charge in [-0.05, 0) is 5.92 Å². The Balaban J connectivity index is 4.06. The van der Waals surface area contributed by atoms with Crippen LogP contribution in [-0.4, -0.2) is 37.5 Å². The maximum atomic E-state index is 11.6. The molecule has 4 nitrogen and oxygen atoms in total. The second kappa shape index (κ2) is 6.43. The van der Waals surface area contributed by atoms with Gasteiger partial charge in [-0.25, -0.2) is 0 Å². The predicted octanol–water partition coefficient (Wildman–Crippen LogP) is 1.30. The van der Waals surface area contributed by atoms with E-state index in [0.29, 0.717) is 18.9 Å². The summed E-state index contributed by atoms with van der Waals surface area (Å²) in [6.07, 6.45) is 0.518. The summed E-state index contributed by atoms with van der Waals surface area (Å²) in [5.41, 5.74) is 0. The van der Waals surface area contributed by atoms with Crippen molar-refractivity contribution < 1.29 is 14.3 Å². The summed E-state index contributed by atoms with van der Waals surface area (Å²) in [5, 5.41) is 0. The van der Waals surface area contributed by atoms with Crippen LogP contribution in [0, 0.1) is 11.8 Å². The highest BCUT2D eigenvalue weighted by molar-refractivity contribution is 5.77. The second-order valence-electron chi connectivity index (χ2n) is 4.30. The molecule has 0 saturated carbocycles. The molecule has 0 radical (unpaired) electrons. The van der Waals surface area contributed by atoms with Crippen molar-refractivity contribution in [3.63, 3.8) is 0 Å². The summed E-state index contributed by atoms with van der Waals surface area (Å²) in [7, 11) is 3.07. The lowest BCUT2D eigenvalue weighted by atomic mass is 10.1. The third kappa shape index (κ3) is 5.40. The Labute approximate surface area is 91.6 Å². The summed E-state index contributed by atoms with van der Waals surface area (Å²) in [6.45, 7) is 6.16. The molecule has 0 heterocycles. The number of hydrogen-bond donors (Lipinski definition) is 0. The van der Waals surface area contributed by atoms with E-state index >= 15 is 0 Å². The summed E-state index contributed by atoms with van der Waals surface area (Å²) in [5.74, 6) is -0.135. The van der Waals surface area contributed by atoms with Crippen molar-refractivity contribution in [2.45, 2.75) is 27.2 Å². The van der Waals surface area contributed by atoms with Gasteiger partial charge in [0.15, 0.2) is 0 Å². The van der Waals surface area contributed by atoms with E-state index in [0.717, 1.165) is 0 Å². The molecule has 1 unspecified atom stereocenters. The molecule has 0 fully saturated rings. The Hall–Kier alpha value is -1.06. The zero-order valence-corrected chi connectivity index (χ0v) is 10.2. The molecule has 1 amide bonds. The normalized spacial score (nSPS) is 12.4. The number of esters is 1. The molecule has 0 rings (SSSR count). The fourth-order valence-electron chi connectivity index (χ4n) is 1.29. The van der Waals surface area contributed by atoms with Crippen LogP contribution in [-0.2, 0) is 14.3 Å². The molecule has 0 aromatic carbocycles. The van der Waals surface area contributed by atoms with Crippen molar-refractivity contribution in [1.29, 1.82) is 0 Å². The fraction of sp³-hybridized carbons (Fsp3) is 0.818. The maximum Gasteiger partial charge on any atom is 0.310 e. The molecule has 0 spiro atoms. The standard InChI is InChI=1S/C11H21NO3/c1-8(2)6-10(13)12(4)7-9(3)11(14)15-5/h8-9H,6-7H2,1-5H3. The number of ether oxygens (including phenoxy) is 1. The van der Waals surface area contributed by atoms with Gasteiger partial charge in [-0.15, -0.1) is 0 Å². The monoisotopic (exact) mass is 215 g/mol. The lowest BCUT2D eigenvalue weighted by molar-refractivity contribution is -0.146. The van der Waals surface area contributed by atoms with E-state index in [-0.39, 0.29) is 17.8 Å². The molecule has 0 aromatic rings. The zero-order chi connectivity index (χ0) is 12.0. The highest BCUT2D eigenvalue weighted by Crippen LogP contribution is 2.06. The van der Waals surface area contributed by atoms with Crippen LogP contribution < -0.4 is 0 Å². The summed E-state index contributed by atoms with van der Waals surface area (Å²) < 4.78 is 4.60. The molecule has 15 heavy (non-hydrogen) atoms. The number of carbonyl (C=O) groups is 2. The minimum Gasteiger partial charge on any atom is -0.469 e. The van der Waals surface area contributed by atoms with E-state index in [4.69, 9.17) is 0 Å².